The topological polar surface area (TPSA) is 58.4 Å². The molecule has 0 atom stereocenters. The van der Waals surface area contributed by atoms with Gasteiger partial charge < -0.3 is 10.6 Å². The first-order chi connectivity index (χ1) is 9.81. The summed E-state index contributed by atoms with van der Waals surface area (Å²) in [5.41, 5.74) is 1.93. The fourth-order valence-corrected chi connectivity index (χ4v) is 2.59. The van der Waals surface area contributed by atoms with Crippen molar-refractivity contribution in [2.45, 2.75) is 13.1 Å². The molecule has 6 heteroatoms. The Balaban J connectivity index is 1.48. The zero-order chi connectivity index (χ0) is 13.8. The number of aromatic nitrogens is 2. The van der Waals surface area contributed by atoms with Gasteiger partial charge in [0.2, 0.25) is 0 Å². The first-order valence-electron chi connectivity index (χ1n) is 6.28. The van der Waals surface area contributed by atoms with Gasteiger partial charge in [-0.15, -0.1) is 11.3 Å². The second-order valence-corrected chi connectivity index (χ2v) is 5.22. The van der Waals surface area contributed by atoms with E-state index in [-0.39, 0.29) is 6.03 Å². The molecule has 3 aromatic rings. The maximum atomic E-state index is 11.7. The Hall–Kier alpha value is -2.34. The van der Waals surface area contributed by atoms with Gasteiger partial charge in [0.25, 0.3) is 0 Å². The van der Waals surface area contributed by atoms with Gasteiger partial charge in [0.1, 0.15) is 0 Å². The lowest BCUT2D eigenvalue weighted by atomic mass is 10.2. The van der Waals surface area contributed by atoms with E-state index in [2.05, 4.69) is 15.6 Å². The zero-order valence-electron chi connectivity index (χ0n) is 10.7. The molecule has 0 aliphatic rings. The van der Waals surface area contributed by atoms with E-state index in [4.69, 9.17) is 0 Å². The molecule has 0 saturated carbocycles. The largest absolute Gasteiger partial charge is 0.334 e. The summed E-state index contributed by atoms with van der Waals surface area (Å²) in [5.74, 6) is 0. The van der Waals surface area contributed by atoms with E-state index < -0.39 is 0 Å². The first-order valence-corrected chi connectivity index (χ1v) is 7.16. The van der Waals surface area contributed by atoms with Gasteiger partial charge in [0.15, 0.2) is 4.96 Å². The lowest BCUT2D eigenvalue weighted by Gasteiger charge is -2.06. The van der Waals surface area contributed by atoms with Crippen LogP contribution in [0.4, 0.5) is 4.79 Å². The number of hydrogen-bond donors (Lipinski definition) is 2. The third kappa shape index (κ3) is 2.97. The molecule has 0 bridgehead atoms. The number of hydrogen-bond acceptors (Lipinski definition) is 3. The van der Waals surface area contributed by atoms with Crippen LogP contribution in [0.5, 0.6) is 0 Å². The van der Waals surface area contributed by atoms with Crippen molar-refractivity contribution in [1.82, 2.24) is 20.0 Å². The number of fused-ring (bicyclic) bond motifs is 1. The quantitative estimate of drug-likeness (QED) is 0.773. The normalized spacial score (nSPS) is 10.6. The Morgan fingerprint density at radius 3 is 2.80 bits per heavy atom. The van der Waals surface area contributed by atoms with Crippen molar-refractivity contribution >= 4 is 22.3 Å². The first kappa shape index (κ1) is 12.7. The van der Waals surface area contributed by atoms with Crippen molar-refractivity contribution < 1.29 is 4.79 Å². The zero-order valence-corrected chi connectivity index (χ0v) is 11.6. The van der Waals surface area contributed by atoms with Crippen LogP contribution in [0.25, 0.3) is 4.96 Å². The molecular formula is C14H14N4OS. The number of carbonyl (C=O) groups is 1. The SMILES string of the molecule is O=C(NCc1ccccc1)NCc1cn2ccsc2n1. The van der Waals surface area contributed by atoms with Gasteiger partial charge in [0.05, 0.1) is 12.2 Å². The van der Waals surface area contributed by atoms with E-state index >= 15 is 0 Å². The minimum Gasteiger partial charge on any atom is -0.334 e. The molecule has 0 saturated heterocycles. The summed E-state index contributed by atoms with van der Waals surface area (Å²) < 4.78 is 1.95. The standard InChI is InChI=1S/C14H14N4OS/c19-13(15-8-11-4-2-1-3-5-11)16-9-12-10-18-6-7-20-14(18)17-12/h1-7,10H,8-9H2,(H2,15,16,19). The van der Waals surface area contributed by atoms with Crippen molar-refractivity contribution in [1.29, 1.82) is 0 Å². The maximum absolute atomic E-state index is 11.7. The Morgan fingerprint density at radius 1 is 1.20 bits per heavy atom. The van der Waals surface area contributed by atoms with Gasteiger partial charge in [-0.1, -0.05) is 30.3 Å². The van der Waals surface area contributed by atoms with Crippen molar-refractivity contribution in [3.05, 3.63) is 59.4 Å². The molecule has 2 amide bonds. The van der Waals surface area contributed by atoms with Crippen LogP contribution in [-0.2, 0) is 13.1 Å². The van der Waals surface area contributed by atoms with E-state index in [0.717, 1.165) is 16.2 Å². The lowest BCUT2D eigenvalue weighted by molar-refractivity contribution is 0.240. The Labute approximate surface area is 120 Å². The Morgan fingerprint density at radius 2 is 2.00 bits per heavy atom. The summed E-state index contributed by atoms with van der Waals surface area (Å²) in [6, 6.07) is 9.62. The van der Waals surface area contributed by atoms with E-state index in [1.165, 1.54) is 0 Å². The van der Waals surface area contributed by atoms with E-state index in [0.29, 0.717) is 13.1 Å². The van der Waals surface area contributed by atoms with Gasteiger partial charge >= 0.3 is 6.03 Å². The highest BCUT2D eigenvalue weighted by molar-refractivity contribution is 7.15. The molecule has 102 valence electrons. The van der Waals surface area contributed by atoms with Crippen molar-refractivity contribution in [2.24, 2.45) is 0 Å². The molecule has 0 spiro atoms. The molecule has 2 N–H and O–H groups in total. The molecule has 0 radical (unpaired) electrons. The van der Waals surface area contributed by atoms with Crippen molar-refractivity contribution in [2.75, 3.05) is 0 Å². The smallest absolute Gasteiger partial charge is 0.315 e. The fraction of sp³-hybridized carbons (Fsp3) is 0.143. The second-order valence-electron chi connectivity index (χ2n) is 4.35. The molecule has 3 rings (SSSR count). The monoisotopic (exact) mass is 286 g/mol. The molecule has 2 aromatic heterocycles. The van der Waals surface area contributed by atoms with Crippen LogP contribution in [0, 0.1) is 0 Å². The van der Waals surface area contributed by atoms with Crippen LogP contribution in [0.2, 0.25) is 0 Å². The molecule has 2 heterocycles. The van der Waals surface area contributed by atoms with Gasteiger partial charge in [-0.05, 0) is 5.56 Å². The summed E-state index contributed by atoms with van der Waals surface area (Å²) >= 11 is 1.57. The summed E-state index contributed by atoms with van der Waals surface area (Å²) in [7, 11) is 0. The highest BCUT2D eigenvalue weighted by Gasteiger charge is 2.04. The van der Waals surface area contributed by atoms with Crippen LogP contribution >= 0.6 is 11.3 Å². The lowest BCUT2D eigenvalue weighted by Crippen LogP contribution is -2.34. The molecule has 20 heavy (non-hydrogen) atoms. The summed E-state index contributed by atoms with van der Waals surface area (Å²) in [6.45, 7) is 0.944. The molecule has 5 nitrogen and oxygen atoms in total. The van der Waals surface area contributed by atoms with Gasteiger partial charge in [-0.25, -0.2) is 9.78 Å². The van der Waals surface area contributed by atoms with Crippen LogP contribution in [-0.4, -0.2) is 15.4 Å². The van der Waals surface area contributed by atoms with Crippen molar-refractivity contribution in [3.8, 4) is 0 Å². The predicted octanol–water partition coefficient (Wildman–Crippen LogP) is 2.40. The third-order valence-corrected chi connectivity index (χ3v) is 3.64. The number of carbonyl (C=O) groups excluding carboxylic acids is 1. The van der Waals surface area contributed by atoms with Crippen LogP contribution in [0.3, 0.4) is 0 Å². The predicted molar refractivity (Wildman–Crippen MR) is 78.6 cm³/mol. The summed E-state index contributed by atoms with van der Waals surface area (Å²) in [5, 5.41) is 7.59. The van der Waals surface area contributed by atoms with E-state index in [1.54, 1.807) is 11.3 Å². The molecule has 0 aliphatic carbocycles. The number of amides is 2. The van der Waals surface area contributed by atoms with Crippen LogP contribution in [0.15, 0.2) is 48.1 Å². The minimum atomic E-state index is -0.190. The summed E-state index contributed by atoms with van der Waals surface area (Å²) in [4.78, 5) is 17.0. The van der Waals surface area contributed by atoms with Crippen LogP contribution < -0.4 is 10.6 Å². The van der Waals surface area contributed by atoms with Crippen LogP contribution in [0.1, 0.15) is 11.3 Å². The fourth-order valence-electron chi connectivity index (χ4n) is 1.87. The number of rotatable bonds is 4. The number of benzene rings is 1. The van der Waals surface area contributed by atoms with E-state index in [9.17, 15) is 4.79 Å². The molecule has 0 unspecified atom stereocenters. The summed E-state index contributed by atoms with van der Waals surface area (Å²) in [6.07, 6.45) is 3.87. The third-order valence-electron chi connectivity index (χ3n) is 2.87. The highest BCUT2D eigenvalue weighted by atomic mass is 32.1. The Kier molecular flexibility index (Phi) is 3.64. The number of nitrogens with one attached hydrogen (secondary N) is 2. The number of imidazole rings is 1. The highest BCUT2D eigenvalue weighted by Crippen LogP contribution is 2.10. The molecule has 0 aliphatic heterocycles. The molecular weight excluding hydrogens is 272 g/mol. The second kappa shape index (κ2) is 5.75. The number of nitrogens with zero attached hydrogens (tertiary/aromatic N) is 2. The van der Waals surface area contributed by atoms with Gasteiger partial charge in [-0.2, -0.15) is 0 Å². The van der Waals surface area contributed by atoms with Gasteiger partial charge in [-0.3, -0.25) is 4.40 Å². The number of thiazole rings is 1. The van der Waals surface area contributed by atoms with Gasteiger partial charge in [0, 0.05) is 24.3 Å². The molecule has 1 aromatic carbocycles. The number of urea groups is 1. The molecule has 0 fully saturated rings. The maximum Gasteiger partial charge on any atom is 0.315 e. The minimum absolute atomic E-state index is 0.190. The average Bonchev–Trinajstić information content (AvgIpc) is 3.05. The van der Waals surface area contributed by atoms with Crippen molar-refractivity contribution in [3.63, 3.8) is 0 Å². The average molecular weight is 286 g/mol. The van der Waals surface area contributed by atoms with E-state index in [1.807, 2.05) is 52.5 Å². The Bertz CT molecular complexity index is 676.